The summed E-state index contributed by atoms with van der Waals surface area (Å²) in [6.07, 6.45) is 1.90. The van der Waals surface area contributed by atoms with Gasteiger partial charge in [-0.1, -0.05) is 11.8 Å². The maximum atomic E-state index is 11.2. The van der Waals surface area contributed by atoms with Gasteiger partial charge in [-0.2, -0.15) is 0 Å². The molecule has 2 aliphatic rings. The molecule has 0 bridgehead atoms. The van der Waals surface area contributed by atoms with Crippen molar-refractivity contribution in [3.8, 4) is 0 Å². The van der Waals surface area contributed by atoms with Crippen LogP contribution in [0.25, 0.3) is 0 Å². The van der Waals surface area contributed by atoms with Crippen LogP contribution in [0.2, 0.25) is 0 Å². The van der Waals surface area contributed by atoms with Gasteiger partial charge in [-0.25, -0.2) is 0 Å². The second-order valence-corrected chi connectivity index (χ2v) is 5.03. The molecule has 1 spiro atoms. The Morgan fingerprint density at radius 3 is 2.75 bits per heavy atom. The van der Waals surface area contributed by atoms with Gasteiger partial charge in [0.1, 0.15) is 5.25 Å². The summed E-state index contributed by atoms with van der Waals surface area (Å²) in [5, 5.41) is 3.29. The highest BCUT2D eigenvalue weighted by Gasteiger charge is 2.45. The van der Waals surface area contributed by atoms with E-state index in [9.17, 15) is 4.79 Å². The third-order valence-electron chi connectivity index (χ3n) is 2.38. The van der Waals surface area contributed by atoms with E-state index in [0.29, 0.717) is 0 Å². The van der Waals surface area contributed by atoms with Crippen molar-refractivity contribution in [2.75, 3.05) is 13.1 Å². The van der Waals surface area contributed by atoms with E-state index < -0.39 is 0 Å². The Kier molecular flexibility index (Phi) is 2.04. The monoisotopic (exact) mass is 187 g/mol. The van der Waals surface area contributed by atoms with Gasteiger partial charge in [0.25, 0.3) is 0 Å². The quantitative estimate of drug-likeness (QED) is 0.568. The second kappa shape index (κ2) is 2.92. The molecule has 1 unspecified atom stereocenters. The summed E-state index contributed by atoms with van der Waals surface area (Å²) in [7, 11) is 0. The van der Waals surface area contributed by atoms with Crippen LogP contribution in [0.1, 0.15) is 19.8 Å². The number of hydrogen-bond donors (Lipinski definition) is 1. The summed E-state index contributed by atoms with van der Waals surface area (Å²) in [6, 6.07) is 0. The average molecular weight is 187 g/mol. The Bertz CT molecular complexity index is 201. The van der Waals surface area contributed by atoms with Crippen LogP contribution in [0.3, 0.4) is 0 Å². The fourth-order valence-corrected chi connectivity index (χ4v) is 3.05. The zero-order valence-electron chi connectivity index (χ0n) is 7.13. The fourth-order valence-electron chi connectivity index (χ4n) is 1.69. The van der Waals surface area contributed by atoms with Crippen LogP contribution in [0.15, 0.2) is 0 Å². The first-order chi connectivity index (χ1) is 5.72. The number of hydrogen-bond acceptors (Lipinski definition) is 4. The molecule has 12 heavy (non-hydrogen) atoms. The SMILES string of the molecule is CC1SC2(CCNCC2)OC1=O. The molecule has 0 aromatic rings. The van der Waals surface area contributed by atoms with Gasteiger partial charge in [0.05, 0.1) is 0 Å². The van der Waals surface area contributed by atoms with Gasteiger partial charge in [0.15, 0.2) is 4.93 Å². The number of carbonyl (C=O) groups excluding carboxylic acids is 1. The summed E-state index contributed by atoms with van der Waals surface area (Å²) in [6.45, 7) is 3.85. The summed E-state index contributed by atoms with van der Waals surface area (Å²) in [4.78, 5) is 11.0. The average Bonchev–Trinajstić information content (AvgIpc) is 2.29. The molecule has 2 heterocycles. The molecule has 1 atom stereocenters. The van der Waals surface area contributed by atoms with E-state index in [2.05, 4.69) is 5.32 Å². The van der Waals surface area contributed by atoms with E-state index in [0.717, 1.165) is 25.9 Å². The maximum absolute atomic E-state index is 11.2. The molecule has 3 nitrogen and oxygen atoms in total. The third-order valence-corrected chi connectivity index (χ3v) is 3.84. The number of rotatable bonds is 0. The highest BCUT2D eigenvalue weighted by Crippen LogP contribution is 2.44. The minimum Gasteiger partial charge on any atom is -0.447 e. The van der Waals surface area contributed by atoms with E-state index in [1.54, 1.807) is 11.8 Å². The molecule has 0 saturated carbocycles. The van der Waals surface area contributed by atoms with E-state index in [4.69, 9.17) is 4.74 Å². The van der Waals surface area contributed by atoms with Crippen LogP contribution in [-0.2, 0) is 9.53 Å². The van der Waals surface area contributed by atoms with Crippen LogP contribution in [-0.4, -0.2) is 29.2 Å². The molecule has 4 heteroatoms. The van der Waals surface area contributed by atoms with Crippen LogP contribution in [0.4, 0.5) is 0 Å². The van der Waals surface area contributed by atoms with Gasteiger partial charge >= 0.3 is 5.97 Å². The van der Waals surface area contributed by atoms with E-state index >= 15 is 0 Å². The van der Waals surface area contributed by atoms with Gasteiger partial charge in [0.2, 0.25) is 0 Å². The van der Waals surface area contributed by atoms with Crippen molar-refractivity contribution in [3.05, 3.63) is 0 Å². The lowest BCUT2D eigenvalue weighted by Crippen LogP contribution is -2.39. The van der Waals surface area contributed by atoms with E-state index in [-0.39, 0.29) is 16.2 Å². The molecular weight excluding hydrogens is 174 g/mol. The number of ether oxygens (including phenoxy) is 1. The Morgan fingerprint density at radius 2 is 2.25 bits per heavy atom. The molecule has 2 rings (SSSR count). The molecule has 2 fully saturated rings. The van der Waals surface area contributed by atoms with Crippen LogP contribution >= 0.6 is 11.8 Å². The third kappa shape index (κ3) is 1.33. The summed E-state index contributed by atoms with van der Waals surface area (Å²) >= 11 is 1.69. The smallest absolute Gasteiger partial charge is 0.320 e. The van der Waals surface area contributed by atoms with Crippen LogP contribution in [0, 0.1) is 0 Å². The van der Waals surface area contributed by atoms with Crippen molar-refractivity contribution in [1.29, 1.82) is 0 Å². The zero-order chi connectivity index (χ0) is 8.60. The molecule has 2 aliphatic heterocycles. The second-order valence-electron chi connectivity index (χ2n) is 3.34. The predicted molar refractivity (Wildman–Crippen MR) is 48.0 cm³/mol. The Balaban J connectivity index is 2.07. The highest BCUT2D eigenvalue weighted by molar-refractivity contribution is 8.02. The lowest BCUT2D eigenvalue weighted by Gasteiger charge is -2.31. The van der Waals surface area contributed by atoms with Gasteiger partial charge in [-0.15, -0.1) is 0 Å². The summed E-state index contributed by atoms with van der Waals surface area (Å²) in [5.41, 5.74) is 0. The van der Waals surface area contributed by atoms with Gasteiger partial charge in [0, 0.05) is 12.8 Å². The van der Waals surface area contributed by atoms with Crippen molar-refractivity contribution in [2.24, 2.45) is 0 Å². The lowest BCUT2D eigenvalue weighted by molar-refractivity contribution is -0.148. The standard InChI is InChI=1S/C8H13NO2S/c1-6-7(10)11-8(12-6)2-4-9-5-3-8/h6,9H,2-5H2,1H3. The van der Waals surface area contributed by atoms with E-state index in [1.807, 2.05) is 6.92 Å². The predicted octanol–water partition coefficient (Wildman–Crippen LogP) is 0.745. The van der Waals surface area contributed by atoms with Gasteiger partial charge < -0.3 is 10.1 Å². The number of esters is 1. The molecule has 0 amide bonds. The van der Waals surface area contributed by atoms with Crippen molar-refractivity contribution in [2.45, 2.75) is 29.9 Å². The van der Waals surface area contributed by atoms with Crippen molar-refractivity contribution in [1.82, 2.24) is 5.32 Å². The molecular formula is C8H13NO2S. The van der Waals surface area contributed by atoms with Crippen LogP contribution in [0.5, 0.6) is 0 Å². The Hall–Kier alpha value is -0.220. The van der Waals surface area contributed by atoms with Crippen LogP contribution < -0.4 is 5.32 Å². The molecule has 0 aromatic heterocycles. The first kappa shape index (κ1) is 8.38. The minimum absolute atomic E-state index is 0.0306. The van der Waals surface area contributed by atoms with Gasteiger partial charge in [-0.3, -0.25) is 4.79 Å². The molecule has 0 aromatic carbocycles. The number of carbonyl (C=O) groups is 1. The van der Waals surface area contributed by atoms with Crippen molar-refractivity contribution in [3.63, 3.8) is 0 Å². The minimum atomic E-state index is -0.179. The van der Waals surface area contributed by atoms with Crippen molar-refractivity contribution < 1.29 is 9.53 Å². The van der Waals surface area contributed by atoms with Gasteiger partial charge in [-0.05, 0) is 20.0 Å². The first-order valence-electron chi connectivity index (χ1n) is 4.33. The zero-order valence-corrected chi connectivity index (χ0v) is 7.95. The maximum Gasteiger partial charge on any atom is 0.320 e. The lowest BCUT2D eigenvalue weighted by atomic mass is 10.1. The fraction of sp³-hybridized carbons (Fsp3) is 0.875. The van der Waals surface area contributed by atoms with E-state index in [1.165, 1.54) is 0 Å². The molecule has 0 radical (unpaired) electrons. The summed E-state index contributed by atoms with van der Waals surface area (Å²) in [5.74, 6) is -0.0399. The molecule has 2 saturated heterocycles. The highest BCUT2D eigenvalue weighted by atomic mass is 32.2. The Labute approximate surface area is 76.2 Å². The number of piperidine rings is 1. The van der Waals surface area contributed by atoms with Crippen molar-refractivity contribution >= 4 is 17.7 Å². The number of nitrogens with one attached hydrogen (secondary N) is 1. The first-order valence-corrected chi connectivity index (χ1v) is 5.21. The number of thioether (sulfide) groups is 1. The summed E-state index contributed by atoms with van der Waals surface area (Å²) < 4.78 is 5.39. The topological polar surface area (TPSA) is 38.3 Å². The molecule has 68 valence electrons. The normalized spacial score (nSPS) is 33.8. The molecule has 1 N–H and O–H groups in total. The molecule has 0 aliphatic carbocycles. The Morgan fingerprint density at radius 1 is 1.58 bits per heavy atom. The largest absolute Gasteiger partial charge is 0.447 e.